The van der Waals surface area contributed by atoms with E-state index in [2.05, 4.69) is 6.58 Å². The number of ether oxygens (including phenoxy) is 1. The Labute approximate surface area is 135 Å². The van der Waals surface area contributed by atoms with Gasteiger partial charge in [0.2, 0.25) is 0 Å². The van der Waals surface area contributed by atoms with Gasteiger partial charge in [-0.15, -0.1) is 6.58 Å². The summed E-state index contributed by atoms with van der Waals surface area (Å²) in [6, 6.07) is 0. The lowest BCUT2D eigenvalue weighted by atomic mass is 10.0. The molecule has 4 heteroatoms. The third-order valence-electron chi connectivity index (χ3n) is 3.72. The Morgan fingerprint density at radius 3 is 2.23 bits per heavy atom. The summed E-state index contributed by atoms with van der Waals surface area (Å²) in [6.45, 7) is 3.69. The Balaban J connectivity index is 3.22. The van der Waals surface area contributed by atoms with Gasteiger partial charge in [-0.1, -0.05) is 44.6 Å². The molecule has 1 unspecified atom stereocenters. The quantitative estimate of drug-likeness (QED) is 0.259. The number of carbonyl (C=O) groups excluding carboxylic acids is 1. The SMILES string of the molecule is C=CCCCCC(O)CCCCCCCCC(=O)OCCO. The number of hydrogen-bond donors (Lipinski definition) is 2. The largest absolute Gasteiger partial charge is 0.463 e. The molecule has 0 saturated heterocycles. The first kappa shape index (κ1) is 21.1. The van der Waals surface area contributed by atoms with Crippen molar-refractivity contribution < 1.29 is 19.7 Å². The molecule has 0 bridgehead atoms. The topological polar surface area (TPSA) is 66.8 Å². The summed E-state index contributed by atoms with van der Waals surface area (Å²) in [5.41, 5.74) is 0. The molecule has 0 fully saturated rings. The number of allylic oxidation sites excluding steroid dienone is 1. The molecule has 0 heterocycles. The van der Waals surface area contributed by atoms with Crippen molar-refractivity contribution in [3.8, 4) is 0 Å². The highest BCUT2D eigenvalue weighted by Gasteiger charge is 2.04. The lowest BCUT2D eigenvalue weighted by Crippen LogP contribution is -2.07. The van der Waals surface area contributed by atoms with Crippen molar-refractivity contribution in [2.45, 2.75) is 83.2 Å². The number of hydrogen-bond acceptors (Lipinski definition) is 4. The maximum atomic E-state index is 11.2. The number of aliphatic hydroxyl groups excluding tert-OH is 2. The van der Waals surface area contributed by atoms with Crippen molar-refractivity contribution in [3.63, 3.8) is 0 Å². The van der Waals surface area contributed by atoms with Gasteiger partial charge in [0.25, 0.3) is 0 Å². The van der Waals surface area contributed by atoms with E-state index in [-0.39, 0.29) is 25.3 Å². The first-order valence-corrected chi connectivity index (χ1v) is 8.76. The Morgan fingerprint density at radius 2 is 1.59 bits per heavy atom. The van der Waals surface area contributed by atoms with Crippen molar-refractivity contribution in [1.29, 1.82) is 0 Å². The molecule has 4 nitrogen and oxygen atoms in total. The second-order valence-electron chi connectivity index (χ2n) is 5.83. The van der Waals surface area contributed by atoms with Crippen LogP contribution in [0.15, 0.2) is 12.7 Å². The maximum Gasteiger partial charge on any atom is 0.305 e. The van der Waals surface area contributed by atoms with E-state index in [0.717, 1.165) is 70.6 Å². The number of rotatable bonds is 16. The zero-order chi connectivity index (χ0) is 16.5. The molecule has 0 saturated carbocycles. The van der Waals surface area contributed by atoms with Gasteiger partial charge in [-0.25, -0.2) is 0 Å². The summed E-state index contributed by atoms with van der Waals surface area (Å²) >= 11 is 0. The third kappa shape index (κ3) is 15.5. The standard InChI is InChI=1S/C18H34O4/c1-2-3-4-9-12-17(20)13-10-7-5-6-8-11-14-18(21)22-16-15-19/h2,17,19-20H,1,3-16H2. The van der Waals surface area contributed by atoms with E-state index in [9.17, 15) is 9.90 Å². The minimum atomic E-state index is -0.214. The summed E-state index contributed by atoms with van der Waals surface area (Å²) in [5, 5.41) is 18.3. The molecule has 22 heavy (non-hydrogen) atoms. The van der Waals surface area contributed by atoms with E-state index in [0.29, 0.717) is 6.42 Å². The smallest absolute Gasteiger partial charge is 0.305 e. The Hall–Kier alpha value is -0.870. The van der Waals surface area contributed by atoms with Crippen LogP contribution in [0.3, 0.4) is 0 Å². The van der Waals surface area contributed by atoms with Crippen LogP contribution in [0.1, 0.15) is 77.0 Å². The van der Waals surface area contributed by atoms with Crippen molar-refractivity contribution in [2.24, 2.45) is 0 Å². The predicted octanol–water partition coefficient (Wildman–Crippen LogP) is 3.75. The molecule has 0 radical (unpaired) electrons. The van der Waals surface area contributed by atoms with Gasteiger partial charge in [-0.2, -0.15) is 0 Å². The monoisotopic (exact) mass is 314 g/mol. The summed E-state index contributed by atoms with van der Waals surface area (Å²) in [5.74, 6) is -0.214. The van der Waals surface area contributed by atoms with E-state index < -0.39 is 0 Å². The number of carbonyl (C=O) groups is 1. The van der Waals surface area contributed by atoms with Crippen molar-refractivity contribution >= 4 is 5.97 Å². The van der Waals surface area contributed by atoms with Crippen LogP contribution in [0.2, 0.25) is 0 Å². The van der Waals surface area contributed by atoms with Gasteiger partial charge in [0.05, 0.1) is 12.7 Å². The van der Waals surface area contributed by atoms with Crippen LogP contribution in [-0.4, -0.2) is 35.5 Å². The lowest BCUT2D eigenvalue weighted by Gasteiger charge is -2.09. The number of esters is 1. The zero-order valence-electron chi connectivity index (χ0n) is 14.0. The van der Waals surface area contributed by atoms with Crippen LogP contribution < -0.4 is 0 Å². The van der Waals surface area contributed by atoms with Gasteiger partial charge in [0.15, 0.2) is 0 Å². The van der Waals surface area contributed by atoms with Crippen LogP contribution in [0, 0.1) is 0 Å². The average molecular weight is 314 g/mol. The van der Waals surface area contributed by atoms with Crippen molar-refractivity contribution in [2.75, 3.05) is 13.2 Å². The van der Waals surface area contributed by atoms with E-state index in [4.69, 9.17) is 9.84 Å². The Kier molecular flexibility index (Phi) is 15.8. The molecular formula is C18H34O4. The fraction of sp³-hybridized carbons (Fsp3) is 0.833. The summed E-state index contributed by atoms with van der Waals surface area (Å²) in [6.07, 6.45) is 13.7. The normalized spacial score (nSPS) is 12.1. The molecule has 0 aliphatic carbocycles. The zero-order valence-corrected chi connectivity index (χ0v) is 14.0. The number of unbranched alkanes of at least 4 members (excludes halogenated alkanes) is 7. The average Bonchev–Trinajstić information content (AvgIpc) is 2.52. The predicted molar refractivity (Wildman–Crippen MR) is 89.7 cm³/mol. The maximum absolute atomic E-state index is 11.2. The summed E-state index contributed by atoms with van der Waals surface area (Å²) < 4.78 is 4.79. The van der Waals surface area contributed by atoms with Crippen LogP contribution in [0.5, 0.6) is 0 Å². The molecule has 0 aliphatic heterocycles. The molecule has 0 rings (SSSR count). The fourth-order valence-electron chi connectivity index (χ4n) is 2.40. The van der Waals surface area contributed by atoms with Gasteiger partial charge in [-0.3, -0.25) is 4.79 Å². The van der Waals surface area contributed by atoms with Gasteiger partial charge < -0.3 is 14.9 Å². The van der Waals surface area contributed by atoms with Crippen LogP contribution in [-0.2, 0) is 9.53 Å². The minimum Gasteiger partial charge on any atom is -0.463 e. The minimum absolute atomic E-state index is 0.105. The Morgan fingerprint density at radius 1 is 1.00 bits per heavy atom. The lowest BCUT2D eigenvalue weighted by molar-refractivity contribution is -0.144. The second-order valence-corrected chi connectivity index (χ2v) is 5.83. The molecule has 1 atom stereocenters. The molecule has 0 amide bonds. The molecule has 0 aliphatic rings. The molecule has 2 N–H and O–H groups in total. The molecule has 130 valence electrons. The first-order valence-electron chi connectivity index (χ1n) is 8.76. The molecule has 0 aromatic carbocycles. The fourth-order valence-corrected chi connectivity index (χ4v) is 2.40. The van der Waals surface area contributed by atoms with E-state index in [1.54, 1.807) is 0 Å². The third-order valence-corrected chi connectivity index (χ3v) is 3.72. The van der Waals surface area contributed by atoms with E-state index >= 15 is 0 Å². The molecule has 0 aromatic rings. The van der Waals surface area contributed by atoms with Crippen LogP contribution >= 0.6 is 0 Å². The summed E-state index contributed by atoms with van der Waals surface area (Å²) in [4.78, 5) is 11.2. The van der Waals surface area contributed by atoms with Gasteiger partial charge in [0, 0.05) is 6.42 Å². The van der Waals surface area contributed by atoms with Crippen molar-refractivity contribution in [3.05, 3.63) is 12.7 Å². The highest BCUT2D eigenvalue weighted by atomic mass is 16.5. The van der Waals surface area contributed by atoms with Crippen LogP contribution in [0.25, 0.3) is 0 Å². The summed E-state index contributed by atoms with van der Waals surface area (Å²) in [7, 11) is 0. The highest BCUT2D eigenvalue weighted by molar-refractivity contribution is 5.69. The van der Waals surface area contributed by atoms with Gasteiger partial charge in [-0.05, 0) is 32.1 Å². The number of aliphatic hydroxyl groups is 2. The van der Waals surface area contributed by atoms with E-state index in [1.165, 1.54) is 0 Å². The van der Waals surface area contributed by atoms with E-state index in [1.807, 2.05) is 6.08 Å². The van der Waals surface area contributed by atoms with Gasteiger partial charge >= 0.3 is 5.97 Å². The molecule has 0 aromatic heterocycles. The van der Waals surface area contributed by atoms with Gasteiger partial charge in [0.1, 0.15) is 6.61 Å². The first-order chi connectivity index (χ1) is 10.7. The Bertz CT molecular complexity index is 266. The van der Waals surface area contributed by atoms with Crippen molar-refractivity contribution in [1.82, 2.24) is 0 Å². The second kappa shape index (κ2) is 16.5. The molecule has 0 spiro atoms. The molecular weight excluding hydrogens is 280 g/mol. The van der Waals surface area contributed by atoms with Crippen LogP contribution in [0.4, 0.5) is 0 Å². The highest BCUT2D eigenvalue weighted by Crippen LogP contribution is 2.13.